The van der Waals surface area contributed by atoms with Gasteiger partial charge in [0.15, 0.2) is 0 Å². The second-order valence-corrected chi connectivity index (χ2v) is 8.96. The summed E-state index contributed by atoms with van der Waals surface area (Å²) < 4.78 is 1.94. The zero-order valence-corrected chi connectivity index (χ0v) is 19.7. The number of fused-ring (bicyclic) bond motifs is 2. The highest BCUT2D eigenvalue weighted by molar-refractivity contribution is 6.52. The summed E-state index contributed by atoms with van der Waals surface area (Å²) in [5.74, 6) is -0.974. The van der Waals surface area contributed by atoms with Crippen LogP contribution >= 0.6 is 11.6 Å². The number of aromatic nitrogens is 1. The normalized spacial score (nSPS) is 13.8. The van der Waals surface area contributed by atoms with Gasteiger partial charge < -0.3 is 9.47 Å². The van der Waals surface area contributed by atoms with Gasteiger partial charge in [-0.25, -0.2) is 0 Å². The Morgan fingerprint density at radius 2 is 1.71 bits per heavy atom. The summed E-state index contributed by atoms with van der Waals surface area (Å²) in [6, 6.07) is 17.2. The molecule has 0 radical (unpaired) electrons. The van der Waals surface area contributed by atoms with Gasteiger partial charge in [-0.05, 0) is 34.5 Å². The van der Waals surface area contributed by atoms with E-state index in [4.69, 9.17) is 11.6 Å². The smallest absolute Gasteiger partial charge is 0.259 e. The van der Waals surface area contributed by atoms with Gasteiger partial charge in [-0.3, -0.25) is 19.7 Å². The number of hydrogen-bond acceptors (Lipinski definition) is 3. The lowest BCUT2D eigenvalue weighted by atomic mass is 9.91. The minimum atomic E-state index is -0.478. The number of benzene rings is 3. The largest absolute Gasteiger partial charge is 0.350 e. The Bertz CT molecular complexity index is 1560. The Labute approximate surface area is 201 Å². The second kappa shape index (κ2) is 8.15. The molecule has 1 aromatic heterocycles. The molecule has 0 bridgehead atoms. The van der Waals surface area contributed by atoms with Crippen LogP contribution in [-0.4, -0.2) is 34.2 Å². The van der Waals surface area contributed by atoms with Gasteiger partial charge in [0, 0.05) is 60.8 Å². The van der Waals surface area contributed by atoms with Gasteiger partial charge >= 0.3 is 0 Å². The molecule has 3 aromatic carbocycles. The van der Waals surface area contributed by atoms with Gasteiger partial charge in [0.2, 0.25) is 5.91 Å². The maximum absolute atomic E-state index is 13.2. The molecule has 1 aliphatic rings. The van der Waals surface area contributed by atoms with E-state index in [2.05, 4.69) is 5.32 Å². The number of hydrogen-bond donors (Lipinski definition) is 1. The van der Waals surface area contributed by atoms with Gasteiger partial charge in [0.25, 0.3) is 11.8 Å². The molecule has 0 saturated heterocycles. The number of nitrogens with zero attached hydrogens (tertiary/aromatic N) is 2. The first kappa shape index (κ1) is 21.9. The number of aryl methyl sites for hydroxylation is 1. The van der Waals surface area contributed by atoms with Crippen molar-refractivity contribution < 1.29 is 14.4 Å². The topological polar surface area (TPSA) is 71.4 Å². The third-order valence-corrected chi connectivity index (χ3v) is 6.65. The first-order chi connectivity index (χ1) is 16.3. The molecule has 7 heteroatoms. The molecule has 0 atom stereocenters. The molecule has 0 spiro atoms. The Hall–Kier alpha value is -3.90. The summed E-state index contributed by atoms with van der Waals surface area (Å²) in [7, 11) is 3.64. The van der Waals surface area contributed by atoms with Crippen molar-refractivity contribution in [1.82, 2.24) is 14.8 Å². The molecule has 34 heavy (non-hydrogen) atoms. The van der Waals surface area contributed by atoms with Gasteiger partial charge in [0.05, 0.1) is 11.1 Å². The fraction of sp³-hybridized carbons (Fsp3) is 0.148. The lowest BCUT2D eigenvalue weighted by molar-refractivity contribution is -0.128. The summed E-state index contributed by atoms with van der Waals surface area (Å²) in [5.41, 5.74) is 3.60. The summed E-state index contributed by atoms with van der Waals surface area (Å²) in [5, 5.41) is 5.35. The third-order valence-electron chi connectivity index (χ3n) is 6.34. The van der Waals surface area contributed by atoms with Crippen LogP contribution in [0.25, 0.3) is 32.8 Å². The van der Waals surface area contributed by atoms with Crippen LogP contribution < -0.4 is 5.32 Å². The molecule has 2 heterocycles. The standard InChI is InChI=1S/C27H22ClN3O3/c1-15(32)30(2)13-16-8-9-17-10-11-21(28)23(19(17)12-16)25-24(26(33)29-27(25)34)20-14-31(3)22-7-5-4-6-18(20)22/h4-12,14H,13H2,1-3H3,(H,29,33,34). The number of carbonyl (C=O) groups excluding carboxylic acids is 3. The van der Waals surface area contributed by atoms with E-state index >= 15 is 0 Å². The highest BCUT2D eigenvalue weighted by Crippen LogP contribution is 2.41. The van der Waals surface area contributed by atoms with Crippen LogP contribution in [-0.2, 0) is 28.0 Å². The van der Waals surface area contributed by atoms with Crippen molar-refractivity contribution in [2.24, 2.45) is 7.05 Å². The molecule has 5 rings (SSSR count). The van der Waals surface area contributed by atoms with Crippen LogP contribution in [0, 0.1) is 0 Å². The monoisotopic (exact) mass is 471 g/mol. The number of rotatable bonds is 4. The molecule has 0 fully saturated rings. The molecule has 4 aromatic rings. The summed E-state index contributed by atoms with van der Waals surface area (Å²) >= 11 is 6.69. The van der Waals surface area contributed by atoms with Crippen molar-refractivity contribution in [2.75, 3.05) is 7.05 Å². The fourth-order valence-corrected chi connectivity index (χ4v) is 4.83. The predicted molar refractivity (Wildman–Crippen MR) is 134 cm³/mol. The van der Waals surface area contributed by atoms with Crippen molar-refractivity contribution >= 4 is 62.1 Å². The van der Waals surface area contributed by atoms with Gasteiger partial charge in [0.1, 0.15) is 0 Å². The average Bonchev–Trinajstić information content (AvgIpc) is 3.28. The summed E-state index contributed by atoms with van der Waals surface area (Å²) in [6.45, 7) is 1.93. The lowest BCUT2D eigenvalue weighted by Crippen LogP contribution is -2.23. The number of imide groups is 1. The molecule has 3 amide bonds. The lowest BCUT2D eigenvalue weighted by Gasteiger charge is -2.16. The fourth-order valence-electron chi connectivity index (χ4n) is 4.57. The second-order valence-electron chi connectivity index (χ2n) is 8.56. The molecule has 6 nitrogen and oxygen atoms in total. The van der Waals surface area contributed by atoms with E-state index in [1.54, 1.807) is 18.0 Å². The van der Waals surface area contributed by atoms with E-state index in [1.807, 2.05) is 66.3 Å². The number of amides is 3. The van der Waals surface area contributed by atoms with Gasteiger partial charge in [-0.15, -0.1) is 0 Å². The minimum Gasteiger partial charge on any atom is -0.350 e. The minimum absolute atomic E-state index is 0.0480. The van der Waals surface area contributed by atoms with Crippen molar-refractivity contribution in [1.29, 1.82) is 0 Å². The molecule has 0 unspecified atom stereocenters. The van der Waals surface area contributed by atoms with E-state index in [1.165, 1.54) is 6.92 Å². The van der Waals surface area contributed by atoms with Crippen LogP contribution in [0.15, 0.2) is 60.8 Å². The maximum Gasteiger partial charge on any atom is 0.259 e. The van der Waals surface area contributed by atoms with E-state index in [-0.39, 0.29) is 11.5 Å². The van der Waals surface area contributed by atoms with Crippen LogP contribution in [0.5, 0.6) is 0 Å². The van der Waals surface area contributed by atoms with Crippen LogP contribution in [0.2, 0.25) is 5.02 Å². The molecular weight excluding hydrogens is 450 g/mol. The summed E-state index contributed by atoms with van der Waals surface area (Å²) in [6.07, 6.45) is 1.87. The molecule has 1 aliphatic heterocycles. The van der Waals surface area contributed by atoms with E-state index in [0.717, 1.165) is 27.2 Å². The van der Waals surface area contributed by atoms with Crippen molar-refractivity contribution in [3.05, 3.63) is 82.5 Å². The van der Waals surface area contributed by atoms with Crippen LogP contribution in [0.3, 0.4) is 0 Å². The number of halogens is 1. The van der Waals surface area contributed by atoms with Gasteiger partial charge in [-0.2, -0.15) is 0 Å². The molecule has 0 aliphatic carbocycles. The highest BCUT2D eigenvalue weighted by atomic mass is 35.5. The Morgan fingerprint density at radius 3 is 2.47 bits per heavy atom. The number of para-hydroxylation sites is 1. The van der Waals surface area contributed by atoms with Crippen molar-refractivity contribution in [3.63, 3.8) is 0 Å². The third kappa shape index (κ3) is 3.47. The molecule has 170 valence electrons. The predicted octanol–water partition coefficient (Wildman–Crippen LogP) is 4.53. The zero-order valence-electron chi connectivity index (χ0n) is 19.0. The van der Waals surface area contributed by atoms with Crippen LogP contribution in [0.1, 0.15) is 23.6 Å². The number of carbonyl (C=O) groups is 3. The Balaban J connectivity index is 1.80. The molecular formula is C27H22ClN3O3. The molecule has 0 saturated carbocycles. The summed E-state index contributed by atoms with van der Waals surface area (Å²) in [4.78, 5) is 39.6. The van der Waals surface area contributed by atoms with E-state index in [0.29, 0.717) is 28.3 Å². The van der Waals surface area contributed by atoms with Crippen molar-refractivity contribution in [3.8, 4) is 0 Å². The van der Waals surface area contributed by atoms with E-state index < -0.39 is 11.8 Å². The Morgan fingerprint density at radius 1 is 1.00 bits per heavy atom. The first-order valence-corrected chi connectivity index (χ1v) is 11.2. The quantitative estimate of drug-likeness (QED) is 0.444. The average molecular weight is 472 g/mol. The van der Waals surface area contributed by atoms with Crippen LogP contribution in [0.4, 0.5) is 0 Å². The first-order valence-electron chi connectivity index (χ1n) is 10.8. The van der Waals surface area contributed by atoms with Gasteiger partial charge in [-0.1, -0.05) is 48.0 Å². The molecule has 1 N–H and O–H groups in total. The SMILES string of the molecule is CC(=O)N(C)Cc1ccc2ccc(Cl)c(C3=C(c4cn(C)c5ccccc45)C(=O)NC3=O)c2c1. The van der Waals surface area contributed by atoms with Crippen molar-refractivity contribution in [2.45, 2.75) is 13.5 Å². The number of nitrogens with one attached hydrogen (secondary N) is 1. The highest BCUT2D eigenvalue weighted by Gasteiger charge is 2.35. The van der Waals surface area contributed by atoms with E-state index in [9.17, 15) is 14.4 Å². The Kier molecular flexibility index (Phi) is 5.25. The zero-order chi connectivity index (χ0) is 24.1. The maximum atomic E-state index is 13.2.